The van der Waals surface area contributed by atoms with Crippen molar-refractivity contribution in [3.8, 4) is 0 Å². The Kier molecular flexibility index (Phi) is 7.54. The first-order valence-electron chi connectivity index (χ1n) is 12.4. The highest BCUT2D eigenvalue weighted by molar-refractivity contribution is 8.04. The maximum atomic E-state index is 13.7. The Balaban J connectivity index is 1.34. The third kappa shape index (κ3) is 5.78. The first kappa shape index (κ1) is 24.1. The fourth-order valence-corrected chi connectivity index (χ4v) is 6.68. The quantitative estimate of drug-likeness (QED) is 0.588. The van der Waals surface area contributed by atoms with Gasteiger partial charge in [0.25, 0.3) is 5.91 Å². The molecular weight excluding hydrogens is 463 g/mol. The summed E-state index contributed by atoms with van der Waals surface area (Å²) in [4.78, 5) is 29.3. The molecule has 4 atom stereocenters. The first-order valence-corrected chi connectivity index (χ1v) is 13.3. The molecule has 2 heterocycles. The Morgan fingerprint density at radius 2 is 1.91 bits per heavy atom. The van der Waals surface area contributed by atoms with Gasteiger partial charge >= 0.3 is 0 Å². The van der Waals surface area contributed by atoms with Crippen molar-refractivity contribution in [2.45, 2.75) is 56.0 Å². The summed E-state index contributed by atoms with van der Waals surface area (Å²) in [6.45, 7) is 1.72. The predicted octanol–water partition coefficient (Wildman–Crippen LogP) is 4.77. The van der Waals surface area contributed by atoms with E-state index in [2.05, 4.69) is 5.32 Å². The van der Waals surface area contributed by atoms with E-state index in [-0.39, 0.29) is 40.9 Å². The number of hydrogen-bond donors (Lipinski definition) is 1. The van der Waals surface area contributed by atoms with Gasteiger partial charge in [0, 0.05) is 36.9 Å². The van der Waals surface area contributed by atoms with Gasteiger partial charge in [-0.2, -0.15) is 0 Å². The summed E-state index contributed by atoms with van der Waals surface area (Å²) in [6.07, 6.45) is 6.42. The van der Waals surface area contributed by atoms with Crippen molar-refractivity contribution in [3.05, 3.63) is 76.4 Å². The lowest BCUT2D eigenvalue weighted by molar-refractivity contribution is -0.133. The fourth-order valence-electron chi connectivity index (χ4n) is 5.26. The summed E-state index contributed by atoms with van der Waals surface area (Å²) < 4.78 is 19.1. The standard InChI is InChI=1S/C28H31FN2O3S/c29-22-11-8-20(9-12-22)18-31-24-16-21(27(32)30-17-23-7-4-14-34-23)10-13-25(24)35-26(28(31)33)15-19-5-2-1-3-6-19/h1-3,5-6,8-9,11-12,15,21,23-25H,4,7,10,13-14,16-18H2,(H,30,32)/b26-15-. The Labute approximate surface area is 210 Å². The van der Waals surface area contributed by atoms with Gasteiger partial charge in [0.15, 0.2) is 0 Å². The highest BCUT2D eigenvalue weighted by Gasteiger charge is 2.44. The highest BCUT2D eigenvalue weighted by atomic mass is 32.2. The number of rotatable bonds is 6. The second-order valence-electron chi connectivity index (χ2n) is 9.59. The summed E-state index contributed by atoms with van der Waals surface area (Å²) >= 11 is 1.64. The molecule has 1 aliphatic carbocycles. The molecule has 184 valence electrons. The smallest absolute Gasteiger partial charge is 0.260 e. The van der Waals surface area contributed by atoms with Crippen LogP contribution in [0.3, 0.4) is 0 Å². The van der Waals surface area contributed by atoms with E-state index in [0.717, 1.165) is 48.3 Å². The topological polar surface area (TPSA) is 58.6 Å². The Hall–Kier alpha value is -2.64. The minimum absolute atomic E-state index is 0.0233. The lowest BCUT2D eigenvalue weighted by atomic mass is 9.83. The van der Waals surface area contributed by atoms with E-state index < -0.39 is 0 Å². The van der Waals surface area contributed by atoms with Crippen LogP contribution in [-0.4, -0.2) is 47.3 Å². The molecule has 2 saturated heterocycles. The van der Waals surface area contributed by atoms with Crippen LogP contribution in [-0.2, 0) is 20.9 Å². The van der Waals surface area contributed by atoms with Gasteiger partial charge in [0.05, 0.1) is 11.0 Å². The number of amides is 2. The molecule has 7 heteroatoms. The van der Waals surface area contributed by atoms with Gasteiger partial charge in [-0.3, -0.25) is 9.59 Å². The van der Waals surface area contributed by atoms with Crippen LogP contribution in [0.25, 0.3) is 6.08 Å². The van der Waals surface area contributed by atoms with E-state index in [1.807, 2.05) is 41.3 Å². The zero-order chi connectivity index (χ0) is 24.2. The molecule has 1 N–H and O–H groups in total. The molecule has 2 aliphatic heterocycles. The van der Waals surface area contributed by atoms with Gasteiger partial charge in [-0.1, -0.05) is 42.5 Å². The van der Waals surface area contributed by atoms with Crippen LogP contribution in [0.5, 0.6) is 0 Å². The van der Waals surface area contributed by atoms with Gasteiger partial charge in [-0.15, -0.1) is 11.8 Å². The van der Waals surface area contributed by atoms with Crippen molar-refractivity contribution >= 4 is 29.7 Å². The third-order valence-electron chi connectivity index (χ3n) is 7.17. The minimum Gasteiger partial charge on any atom is -0.376 e. The normalized spacial score (nSPS) is 27.6. The summed E-state index contributed by atoms with van der Waals surface area (Å²) in [5, 5.41) is 3.31. The number of hydrogen-bond acceptors (Lipinski definition) is 4. The van der Waals surface area contributed by atoms with Gasteiger partial charge in [0.1, 0.15) is 5.82 Å². The van der Waals surface area contributed by atoms with Gasteiger partial charge in [-0.25, -0.2) is 4.39 Å². The number of halogens is 1. The summed E-state index contributed by atoms with van der Waals surface area (Å²) in [7, 11) is 0. The number of carbonyl (C=O) groups is 2. The van der Waals surface area contributed by atoms with Crippen LogP contribution in [0.4, 0.5) is 4.39 Å². The van der Waals surface area contributed by atoms with Gasteiger partial charge in [-0.05, 0) is 61.4 Å². The van der Waals surface area contributed by atoms with E-state index in [0.29, 0.717) is 19.5 Å². The highest BCUT2D eigenvalue weighted by Crippen LogP contribution is 2.44. The molecule has 0 radical (unpaired) electrons. The Bertz CT molecular complexity index is 1070. The maximum absolute atomic E-state index is 13.7. The van der Waals surface area contributed by atoms with Crippen molar-refractivity contribution in [3.63, 3.8) is 0 Å². The van der Waals surface area contributed by atoms with Crippen LogP contribution in [0.15, 0.2) is 59.5 Å². The van der Waals surface area contributed by atoms with E-state index in [1.54, 1.807) is 23.9 Å². The largest absolute Gasteiger partial charge is 0.376 e. The molecule has 2 amide bonds. The number of ether oxygens (including phenoxy) is 1. The van der Waals surface area contributed by atoms with Gasteiger partial charge < -0.3 is 15.0 Å². The van der Waals surface area contributed by atoms with Crippen LogP contribution >= 0.6 is 11.8 Å². The van der Waals surface area contributed by atoms with E-state index >= 15 is 0 Å². The third-order valence-corrected chi connectivity index (χ3v) is 8.57. The van der Waals surface area contributed by atoms with Crippen molar-refractivity contribution < 1.29 is 18.7 Å². The van der Waals surface area contributed by atoms with Crippen LogP contribution in [0, 0.1) is 11.7 Å². The molecule has 5 nitrogen and oxygen atoms in total. The molecule has 3 fully saturated rings. The molecule has 35 heavy (non-hydrogen) atoms. The molecule has 0 bridgehead atoms. The SMILES string of the molecule is O=C(NCC1CCCO1)C1CCC2S/C(=C\c3ccccc3)C(=O)N(Cc3ccc(F)cc3)C2C1. The number of benzene rings is 2. The number of nitrogens with zero attached hydrogens (tertiary/aromatic N) is 1. The molecule has 2 aromatic carbocycles. The van der Waals surface area contributed by atoms with E-state index in [1.165, 1.54) is 12.1 Å². The first-order chi connectivity index (χ1) is 17.1. The molecule has 1 saturated carbocycles. The molecule has 0 aromatic heterocycles. The second kappa shape index (κ2) is 11.0. The van der Waals surface area contributed by atoms with Crippen LogP contribution in [0.1, 0.15) is 43.2 Å². The van der Waals surface area contributed by atoms with Crippen LogP contribution < -0.4 is 5.32 Å². The number of nitrogens with one attached hydrogen (secondary N) is 1. The van der Waals surface area contributed by atoms with E-state index in [4.69, 9.17) is 4.74 Å². The number of thioether (sulfide) groups is 1. The average molecular weight is 495 g/mol. The van der Waals surface area contributed by atoms with E-state index in [9.17, 15) is 14.0 Å². The second-order valence-corrected chi connectivity index (χ2v) is 10.9. The summed E-state index contributed by atoms with van der Waals surface area (Å²) in [5.41, 5.74) is 1.88. The van der Waals surface area contributed by atoms with Crippen molar-refractivity contribution in [2.75, 3.05) is 13.2 Å². The molecule has 0 spiro atoms. The maximum Gasteiger partial charge on any atom is 0.260 e. The monoisotopic (exact) mass is 494 g/mol. The fraction of sp³-hybridized carbons (Fsp3) is 0.429. The van der Waals surface area contributed by atoms with Crippen molar-refractivity contribution in [1.82, 2.24) is 10.2 Å². The number of carbonyl (C=O) groups excluding carboxylic acids is 2. The molecule has 4 unspecified atom stereocenters. The zero-order valence-electron chi connectivity index (χ0n) is 19.7. The predicted molar refractivity (Wildman–Crippen MR) is 136 cm³/mol. The number of fused-ring (bicyclic) bond motifs is 1. The molecule has 5 rings (SSSR count). The average Bonchev–Trinajstić information content (AvgIpc) is 3.40. The lowest BCUT2D eigenvalue weighted by Crippen LogP contribution is -2.53. The minimum atomic E-state index is -0.294. The van der Waals surface area contributed by atoms with Gasteiger partial charge in [0.2, 0.25) is 5.91 Å². The van der Waals surface area contributed by atoms with Crippen molar-refractivity contribution in [2.24, 2.45) is 5.92 Å². The van der Waals surface area contributed by atoms with Crippen LogP contribution in [0.2, 0.25) is 0 Å². The molecular formula is C28H31FN2O3S. The zero-order valence-corrected chi connectivity index (χ0v) is 20.5. The van der Waals surface area contributed by atoms with Crippen molar-refractivity contribution in [1.29, 1.82) is 0 Å². The summed E-state index contributed by atoms with van der Waals surface area (Å²) in [6, 6.07) is 16.1. The lowest BCUT2D eigenvalue weighted by Gasteiger charge is -2.46. The summed E-state index contributed by atoms with van der Waals surface area (Å²) in [5.74, 6) is -0.382. The molecule has 3 aliphatic rings. The Morgan fingerprint density at radius 3 is 2.66 bits per heavy atom. The Morgan fingerprint density at radius 1 is 1.11 bits per heavy atom. The molecule has 2 aromatic rings.